The fourth-order valence-electron chi connectivity index (χ4n) is 2.86. The number of hydrogen-bond donors (Lipinski definition) is 7. The monoisotopic (exact) mass is 523 g/mol. The van der Waals surface area contributed by atoms with Crippen molar-refractivity contribution in [3.63, 3.8) is 0 Å². The number of unbranched alkanes of at least 4 members (excludes halogenated alkanes) is 1. The molecular weight excluding hydrogens is 486 g/mol. The molecule has 0 fully saturated rings. The van der Waals surface area contributed by atoms with Gasteiger partial charge in [0.2, 0.25) is 17.7 Å². The standard InChI is InChI=1S/C20H37N5O7S2/c1-33-9-6-13(23-17(28)12(22)11-16(26)27)18(29)24-14(7-10-34-2)19(30)25-15(20(31)32)5-3-4-8-21/h12-15H,3-11,21-22H2,1-2H3,(H,23,28)(H,24,29)(H,25,30)(H,26,27)(H,31,32). The molecule has 0 saturated heterocycles. The van der Waals surface area contributed by atoms with E-state index in [0.717, 1.165) is 0 Å². The van der Waals surface area contributed by atoms with E-state index in [1.165, 1.54) is 23.5 Å². The summed E-state index contributed by atoms with van der Waals surface area (Å²) < 4.78 is 0. The number of rotatable bonds is 19. The highest BCUT2D eigenvalue weighted by Gasteiger charge is 2.30. The van der Waals surface area contributed by atoms with Gasteiger partial charge in [-0.2, -0.15) is 23.5 Å². The second-order valence-corrected chi connectivity index (χ2v) is 9.54. The molecule has 0 aromatic heterocycles. The zero-order valence-corrected chi connectivity index (χ0v) is 21.2. The van der Waals surface area contributed by atoms with Gasteiger partial charge in [0.1, 0.15) is 18.1 Å². The van der Waals surface area contributed by atoms with Crippen molar-refractivity contribution in [2.75, 3.05) is 30.6 Å². The Kier molecular flexibility index (Phi) is 17.2. The number of thioether (sulfide) groups is 2. The van der Waals surface area contributed by atoms with Gasteiger partial charge >= 0.3 is 11.9 Å². The first kappa shape index (κ1) is 32.0. The third kappa shape index (κ3) is 13.6. The topological polar surface area (TPSA) is 214 Å². The maximum atomic E-state index is 12.9. The van der Waals surface area contributed by atoms with E-state index in [1.54, 1.807) is 0 Å². The van der Waals surface area contributed by atoms with Crippen LogP contribution in [-0.2, 0) is 24.0 Å². The third-order valence-corrected chi connectivity index (χ3v) is 6.07. The van der Waals surface area contributed by atoms with Crippen molar-refractivity contribution in [3.8, 4) is 0 Å². The zero-order valence-electron chi connectivity index (χ0n) is 19.6. The van der Waals surface area contributed by atoms with Crippen molar-refractivity contribution >= 4 is 53.2 Å². The highest BCUT2D eigenvalue weighted by molar-refractivity contribution is 7.98. The van der Waals surface area contributed by atoms with Crippen LogP contribution in [0, 0.1) is 0 Å². The molecule has 0 aromatic rings. The molecular formula is C20H37N5O7S2. The number of nitrogens with two attached hydrogens (primary N) is 2. The van der Waals surface area contributed by atoms with Crippen molar-refractivity contribution < 1.29 is 34.2 Å². The lowest BCUT2D eigenvalue weighted by atomic mass is 10.1. The predicted molar refractivity (Wildman–Crippen MR) is 133 cm³/mol. The van der Waals surface area contributed by atoms with Gasteiger partial charge in [-0.25, -0.2) is 4.79 Å². The van der Waals surface area contributed by atoms with Crippen molar-refractivity contribution in [2.45, 2.75) is 62.7 Å². The van der Waals surface area contributed by atoms with Crippen LogP contribution in [0.3, 0.4) is 0 Å². The molecule has 0 bridgehead atoms. The van der Waals surface area contributed by atoms with Gasteiger partial charge in [0.25, 0.3) is 0 Å². The molecule has 3 amide bonds. The van der Waals surface area contributed by atoms with E-state index in [-0.39, 0.29) is 19.3 Å². The molecule has 0 aromatic carbocycles. The summed E-state index contributed by atoms with van der Waals surface area (Å²) in [4.78, 5) is 60.3. The van der Waals surface area contributed by atoms with Gasteiger partial charge in [-0.15, -0.1) is 0 Å². The molecule has 14 heteroatoms. The minimum absolute atomic E-state index is 0.204. The van der Waals surface area contributed by atoms with Crippen molar-refractivity contribution in [3.05, 3.63) is 0 Å². The molecule has 0 spiro atoms. The molecule has 0 aliphatic rings. The first-order valence-corrected chi connectivity index (χ1v) is 13.6. The van der Waals surface area contributed by atoms with Gasteiger partial charge in [-0.3, -0.25) is 19.2 Å². The molecule has 4 unspecified atom stereocenters. The molecule has 0 aliphatic carbocycles. The molecule has 0 radical (unpaired) electrons. The Balaban J connectivity index is 5.37. The quantitative estimate of drug-likeness (QED) is 0.102. The summed E-state index contributed by atoms with van der Waals surface area (Å²) in [5.41, 5.74) is 11.0. The molecule has 12 nitrogen and oxygen atoms in total. The second-order valence-electron chi connectivity index (χ2n) is 7.57. The van der Waals surface area contributed by atoms with E-state index in [0.29, 0.717) is 30.9 Å². The highest BCUT2D eigenvalue weighted by Crippen LogP contribution is 2.07. The number of carbonyl (C=O) groups excluding carboxylic acids is 3. The summed E-state index contributed by atoms with van der Waals surface area (Å²) in [6, 6.07) is -4.50. The van der Waals surface area contributed by atoms with E-state index in [4.69, 9.17) is 16.6 Å². The van der Waals surface area contributed by atoms with E-state index >= 15 is 0 Å². The number of carboxylic acid groups (broad SMARTS) is 2. The van der Waals surface area contributed by atoms with Gasteiger partial charge in [0.15, 0.2) is 0 Å². The van der Waals surface area contributed by atoms with E-state index in [9.17, 15) is 29.1 Å². The van der Waals surface area contributed by atoms with Crippen molar-refractivity contribution in [1.82, 2.24) is 16.0 Å². The van der Waals surface area contributed by atoms with E-state index in [2.05, 4.69) is 16.0 Å². The lowest BCUT2D eigenvalue weighted by Gasteiger charge is -2.25. The van der Waals surface area contributed by atoms with Crippen LogP contribution in [0.15, 0.2) is 0 Å². The molecule has 0 aliphatic heterocycles. The van der Waals surface area contributed by atoms with Crippen molar-refractivity contribution in [1.29, 1.82) is 0 Å². The van der Waals surface area contributed by atoms with Gasteiger partial charge in [-0.1, -0.05) is 0 Å². The number of aliphatic carboxylic acids is 2. The lowest BCUT2D eigenvalue weighted by molar-refractivity contribution is -0.142. The fourth-order valence-corrected chi connectivity index (χ4v) is 3.81. The Morgan fingerprint density at radius 2 is 1.24 bits per heavy atom. The van der Waals surface area contributed by atoms with Crippen molar-refractivity contribution in [2.24, 2.45) is 11.5 Å². The molecule has 4 atom stereocenters. The van der Waals surface area contributed by atoms with Gasteiger partial charge in [-0.05, 0) is 62.7 Å². The smallest absolute Gasteiger partial charge is 0.326 e. The normalized spacial score (nSPS) is 14.4. The number of hydrogen-bond acceptors (Lipinski definition) is 9. The van der Waals surface area contributed by atoms with Crippen LogP contribution < -0.4 is 27.4 Å². The highest BCUT2D eigenvalue weighted by atomic mass is 32.2. The van der Waals surface area contributed by atoms with E-state index < -0.39 is 60.2 Å². The Morgan fingerprint density at radius 3 is 1.65 bits per heavy atom. The summed E-state index contributed by atoms with van der Waals surface area (Å²) in [6.45, 7) is 0.409. The summed E-state index contributed by atoms with van der Waals surface area (Å²) >= 11 is 2.89. The van der Waals surface area contributed by atoms with Crippen LogP contribution in [0.25, 0.3) is 0 Å². The molecule has 0 saturated carbocycles. The molecule has 9 N–H and O–H groups in total. The van der Waals surface area contributed by atoms with Crippen LogP contribution in [-0.4, -0.2) is 94.6 Å². The Hall–Kier alpha value is -2.03. The number of amides is 3. The zero-order chi connectivity index (χ0) is 26.1. The van der Waals surface area contributed by atoms with Crippen LogP contribution in [0.2, 0.25) is 0 Å². The first-order valence-electron chi connectivity index (χ1n) is 10.9. The van der Waals surface area contributed by atoms with E-state index in [1.807, 2.05) is 12.5 Å². The maximum absolute atomic E-state index is 12.9. The van der Waals surface area contributed by atoms with Gasteiger partial charge in [0.05, 0.1) is 12.5 Å². The summed E-state index contributed by atoms with van der Waals surface area (Å²) in [6.07, 6.45) is 4.87. The number of carboxylic acids is 2. The molecule has 196 valence electrons. The summed E-state index contributed by atoms with van der Waals surface area (Å²) in [5, 5.41) is 25.8. The summed E-state index contributed by atoms with van der Waals surface area (Å²) in [5.74, 6) is -3.47. The van der Waals surface area contributed by atoms with Gasteiger partial charge < -0.3 is 37.6 Å². The lowest BCUT2D eigenvalue weighted by Crippen LogP contribution is -2.57. The molecule has 34 heavy (non-hydrogen) atoms. The molecule has 0 heterocycles. The number of carbonyl (C=O) groups is 5. The van der Waals surface area contributed by atoms with Crippen LogP contribution in [0.5, 0.6) is 0 Å². The molecule has 0 rings (SSSR count). The average Bonchev–Trinajstić information content (AvgIpc) is 2.77. The number of nitrogens with one attached hydrogen (secondary N) is 3. The summed E-state index contributed by atoms with van der Waals surface area (Å²) in [7, 11) is 0. The van der Waals surface area contributed by atoms with Crippen LogP contribution in [0.1, 0.15) is 38.5 Å². The third-order valence-electron chi connectivity index (χ3n) is 4.78. The minimum Gasteiger partial charge on any atom is -0.481 e. The second kappa shape index (κ2) is 18.3. The fraction of sp³-hybridized carbons (Fsp3) is 0.750. The average molecular weight is 524 g/mol. The SMILES string of the molecule is CSCCC(NC(=O)C(N)CC(=O)O)C(=O)NC(CCSC)C(=O)NC(CCCCN)C(=O)O. The van der Waals surface area contributed by atoms with Crippen LogP contribution >= 0.6 is 23.5 Å². The first-order chi connectivity index (χ1) is 16.1. The Morgan fingerprint density at radius 1 is 0.765 bits per heavy atom. The predicted octanol–water partition coefficient (Wildman–Crippen LogP) is -1.04. The largest absolute Gasteiger partial charge is 0.481 e. The maximum Gasteiger partial charge on any atom is 0.326 e. The Labute approximate surface area is 208 Å². The minimum atomic E-state index is -1.33. The Bertz CT molecular complexity index is 684. The van der Waals surface area contributed by atoms with Crippen LogP contribution in [0.4, 0.5) is 0 Å². The van der Waals surface area contributed by atoms with Gasteiger partial charge in [0, 0.05) is 0 Å².